The van der Waals surface area contributed by atoms with Crippen molar-refractivity contribution >= 4 is 5.91 Å². The van der Waals surface area contributed by atoms with Gasteiger partial charge in [-0.05, 0) is 7.05 Å². The number of amides is 1. The Morgan fingerprint density at radius 3 is 2.73 bits per heavy atom. The number of likely N-dealkylation sites (N-methyl/N-ethyl adjacent to an activating group) is 1. The molecule has 2 heterocycles. The lowest BCUT2D eigenvalue weighted by molar-refractivity contribution is -0.137. The normalized spacial score (nSPS) is 29.9. The molecule has 2 fully saturated rings. The Morgan fingerprint density at radius 1 is 1.64 bits per heavy atom. The van der Waals surface area contributed by atoms with Crippen molar-refractivity contribution in [3.8, 4) is 0 Å². The maximum atomic E-state index is 11.2. The maximum Gasteiger partial charge on any atom is 0.254 e. The molecule has 2 aliphatic heterocycles. The Morgan fingerprint density at radius 2 is 2.27 bits per heavy atom. The molecule has 62 valence electrons. The van der Waals surface area contributed by atoms with Gasteiger partial charge in [0.2, 0.25) is 0 Å². The highest BCUT2D eigenvalue weighted by Gasteiger charge is 2.39. The third kappa shape index (κ3) is 1.23. The van der Waals surface area contributed by atoms with Gasteiger partial charge in [0.05, 0.1) is 6.61 Å². The smallest absolute Gasteiger partial charge is 0.254 e. The molecule has 2 aliphatic rings. The van der Waals surface area contributed by atoms with Gasteiger partial charge >= 0.3 is 0 Å². The van der Waals surface area contributed by atoms with Gasteiger partial charge in [0, 0.05) is 19.1 Å². The minimum absolute atomic E-state index is 0.104. The topological polar surface area (TPSA) is 44.9 Å². The first kappa shape index (κ1) is 7.06. The maximum absolute atomic E-state index is 11.2. The molecule has 4 heteroatoms. The number of nitrogens with one attached hydrogen (secondary N) is 1. The number of hydrogen-bond acceptors (Lipinski definition) is 3. The SMILES string of the molecule is CNC1CN(C(=O)C2CO2)C1. The number of hydrogen-bond donors (Lipinski definition) is 1. The van der Waals surface area contributed by atoms with E-state index in [0.29, 0.717) is 12.6 Å². The quantitative estimate of drug-likeness (QED) is 0.512. The highest BCUT2D eigenvalue weighted by Crippen LogP contribution is 2.17. The van der Waals surface area contributed by atoms with Crippen LogP contribution in [0, 0.1) is 0 Å². The van der Waals surface area contributed by atoms with Crippen LogP contribution in [0.25, 0.3) is 0 Å². The van der Waals surface area contributed by atoms with Crippen molar-refractivity contribution in [2.45, 2.75) is 12.1 Å². The summed E-state index contributed by atoms with van der Waals surface area (Å²) in [7, 11) is 1.92. The molecule has 0 spiro atoms. The summed E-state index contributed by atoms with van der Waals surface area (Å²) in [6.45, 7) is 2.31. The number of epoxide rings is 1. The van der Waals surface area contributed by atoms with Gasteiger partial charge in [-0.1, -0.05) is 0 Å². The first-order valence-corrected chi connectivity index (χ1v) is 3.89. The zero-order valence-electron chi connectivity index (χ0n) is 6.54. The molecule has 1 atom stereocenters. The Labute approximate surface area is 65.5 Å². The predicted molar refractivity (Wildman–Crippen MR) is 39.2 cm³/mol. The molecule has 0 aromatic carbocycles. The van der Waals surface area contributed by atoms with Crippen LogP contribution in [0.15, 0.2) is 0 Å². The Hall–Kier alpha value is -0.610. The fourth-order valence-electron chi connectivity index (χ4n) is 1.24. The van der Waals surface area contributed by atoms with Crippen LogP contribution in [0.2, 0.25) is 0 Å². The third-order valence-electron chi connectivity index (χ3n) is 2.21. The molecule has 0 aromatic heterocycles. The molecule has 1 unspecified atom stereocenters. The number of carbonyl (C=O) groups excluding carboxylic acids is 1. The molecule has 0 radical (unpaired) electrons. The molecular formula is C7H12N2O2. The van der Waals surface area contributed by atoms with Crippen molar-refractivity contribution in [1.82, 2.24) is 10.2 Å². The lowest BCUT2D eigenvalue weighted by Crippen LogP contribution is -2.59. The summed E-state index contributed by atoms with van der Waals surface area (Å²) in [6, 6.07) is 0.498. The van der Waals surface area contributed by atoms with Crippen LogP contribution in [0.3, 0.4) is 0 Å². The summed E-state index contributed by atoms with van der Waals surface area (Å²) in [5.74, 6) is 0.163. The summed E-state index contributed by atoms with van der Waals surface area (Å²) in [5, 5.41) is 3.11. The van der Waals surface area contributed by atoms with E-state index < -0.39 is 0 Å². The standard InChI is InChI=1S/C7H12N2O2/c1-8-5-2-9(3-5)7(10)6-4-11-6/h5-6,8H,2-4H2,1H3. The minimum atomic E-state index is -0.104. The van der Waals surface area contributed by atoms with Gasteiger partial charge in [-0.25, -0.2) is 0 Å². The molecule has 0 aliphatic carbocycles. The van der Waals surface area contributed by atoms with E-state index in [9.17, 15) is 4.79 Å². The van der Waals surface area contributed by atoms with E-state index >= 15 is 0 Å². The van der Waals surface area contributed by atoms with Crippen LogP contribution < -0.4 is 5.32 Å². The lowest BCUT2D eigenvalue weighted by atomic mass is 10.1. The third-order valence-corrected chi connectivity index (χ3v) is 2.21. The minimum Gasteiger partial charge on any atom is -0.363 e. The summed E-state index contributed by atoms with van der Waals surface area (Å²) in [4.78, 5) is 13.1. The van der Waals surface area contributed by atoms with E-state index in [-0.39, 0.29) is 12.0 Å². The van der Waals surface area contributed by atoms with Crippen LogP contribution in [0.1, 0.15) is 0 Å². The van der Waals surface area contributed by atoms with Crippen molar-refractivity contribution in [2.75, 3.05) is 26.7 Å². The van der Waals surface area contributed by atoms with E-state index in [1.165, 1.54) is 0 Å². The van der Waals surface area contributed by atoms with Gasteiger partial charge in [-0.3, -0.25) is 4.79 Å². The Balaban J connectivity index is 1.76. The zero-order valence-corrected chi connectivity index (χ0v) is 6.54. The van der Waals surface area contributed by atoms with Crippen molar-refractivity contribution in [2.24, 2.45) is 0 Å². The number of ether oxygens (including phenoxy) is 1. The second-order valence-electron chi connectivity index (χ2n) is 3.05. The van der Waals surface area contributed by atoms with E-state index in [1.807, 2.05) is 11.9 Å². The molecule has 1 N–H and O–H groups in total. The molecule has 2 saturated heterocycles. The van der Waals surface area contributed by atoms with Crippen molar-refractivity contribution in [1.29, 1.82) is 0 Å². The van der Waals surface area contributed by atoms with Crippen LogP contribution in [0.4, 0.5) is 0 Å². The van der Waals surface area contributed by atoms with Gasteiger partial charge < -0.3 is 15.0 Å². The molecule has 0 saturated carbocycles. The number of nitrogens with zero attached hydrogens (tertiary/aromatic N) is 1. The fourth-order valence-corrected chi connectivity index (χ4v) is 1.24. The van der Waals surface area contributed by atoms with Crippen LogP contribution in [-0.2, 0) is 9.53 Å². The molecule has 0 bridgehead atoms. The van der Waals surface area contributed by atoms with Crippen molar-refractivity contribution in [3.05, 3.63) is 0 Å². The predicted octanol–water partition coefficient (Wildman–Crippen LogP) is -1.18. The number of likely N-dealkylation sites (tertiary alicyclic amines) is 1. The van der Waals surface area contributed by atoms with Crippen LogP contribution >= 0.6 is 0 Å². The zero-order chi connectivity index (χ0) is 7.84. The average Bonchev–Trinajstić information content (AvgIpc) is 2.65. The highest BCUT2D eigenvalue weighted by molar-refractivity contribution is 5.83. The largest absolute Gasteiger partial charge is 0.363 e. The fraction of sp³-hybridized carbons (Fsp3) is 0.857. The van der Waals surface area contributed by atoms with Gasteiger partial charge in [0.1, 0.15) is 0 Å². The average molecular weight is 156 g/mol. The van der Waals surface area contributed by atoms with Gasteiger partial charge in [-0.2, -0.15) is 0 Å². The van der Waals surface area contributed by atoms with Gasteiger partial charge in [0.15, 0.2) is 6.10 Å². The second-order valence-corrected chi connectivity index (χ2v) is 3.05. The molecule has 2 rings (SSSR count). The van der Waals surface area contributed by atoms with Crippen LogP contribution in [-0.4, -0.2) is 49.7 Å². The first-order chi connectivity index (χ1) is 5.31. The Bertz CT molecular complexity index is 173. The summed E-state index contributed by atoms with van der Waals surface area (Å²) < 4.78 is 4.88. The van der Waals surface area contributed by atoms with E-state index in [2.05, 4.69) is 5.32 Å². The number of rotatable bonds is 2. The monoisotopic (exact) mass is 156 g/mol. The van der Waals surface area contributed by atoms with Crippen molar-refractivity contribution in [3.63, 3.8) is 0 Å². The summed E-state index contributed by atoms with van der Waals surface area (Å²) in [5.41, 5.74) is 0. The molecule has 11 heavy (non-hydrogen) atoms. The summed E-state index contributed by atoms with van der Waals surface area (Å²) >= 11 is 0. The second kappa shape index (κ2) is 2.46. The molecule has 0 aromatic rings. The molecule has 1 amide bonds. The van der Waals surface area contributed by atoms with E-state index in [1.54, 1.807) is 0 Å². The first-order valence-electron chi connectivity index (χ1n) is 3.89. The van der Waals surface area contributed by atoms with Gasteiger partial charge in [0.25, 0.3) is 5.91 Å². The van der Waals surface area contributed by atoms with Crippen molar-refractivity contribution < 1.29 is 9.53 Å². The van der Waals surface area contributed by atoms with Crippen LogP contribution in [0.5, 0.6) is 0 Å². The molecular weight excluding hydrogens is 144 g/mol. The number of carbonyl (C=O) groups is 1. The lowest BCUT2D eigenvalue weighted by Gasteiger charge is -2.38. The Kier molecular flexibility index (Phi) is 1.58. The van der Waals surface area contributed by atoms with E-state index in [4.69, 9.17) is 4.74 Å². The summed E-state index contributed by atoms with van der Waals surface area (Å²) in [6.07, 6.45) is -0.104. The van der Waals surface area contributed by atoms with E-state index in [0.717, 1.165) is 13.1 Å². The molecule has 4 nitrogen and oxygen atoms in total. The highest BCUT2D eigenvalue weighted by atomic mass is 16.6. The van der Waals surface area contributed by atoms with Gasteiger partial charge in [-0.15, -0.1) is 0 Å².